The monoisotopic (exact) mass is 325 g/mol. The van der Waals surface area contributed by atoms with Crippen LogP contribution >= 0.6 is 0 Å². The summed E-state index contributed by atoms with van der Waals surface area (Å²) >= 11 is 0. The second-order valence-corrected chi connectivity index (χ2v) is 4.87. The molecule has 0 bridgehead atoms. The molecule has 0 atom stereocenters. The van der Waals surface area contributed by atoms with Crippen LogP contribution in [0.25, 0.3) is 11.3 Å². The zero-order valence-corrected chi connectivity index (χ0v) is 11.6. The summed E-state index contributed by atoms with van der Waals surface area (Å²) < 4.78 is 52.3. The Bertz CT molecular complexity index is 754. The van der Waals surface area contributed by atoms with Crippen molar-refractivity contribution >= 4 is 5.97 Å². The molecule has 0 saturated carbocycles. The molecule has 1 N–H and O–H groups in total. The molecule has 0 amide bonds. The Balaban J connectivity index is 2.02. The second kappa shape index (κ2) is 5.88. The Labute approximate surface area is 128 Å². The molecule has 2 aromatic rings. The van der Waals surface area contributed by atoms with Crippen molar-refractivity contribution in [2.75, 3.05) is 13.2 Å². The van der Waals surface area contributed by atoms with Crippen LogP contribution in [0.5, 0.6) is 5.75 Å². The topological polar surface area (TPSA) is 68.7 Å². The van der Waals surface area contributed by atoms with Gasteiger partial charge in [0.05, 0.1) is 18.8 Å². The van der Waals surface area contributed by atoms with E-state index in [0.29, 0.717) is 13.2 Å². The van der Waals surface area contributed by atoms with Gasteiger partial charge in [-0.05, 0) is 12.1 Å². The standard InChI is InChI=1S/C15H10F3NO4/c16-9-1-2-12(15(20)21)19-14(9)13-10(17)3-7(4-11(13)18)23-8-5-22-6-8/h1-4,8H,5-6H2,(H,20,21). The number of rotatable bonds is 4. The predicted molar refractivity (Wildman–Crippen MR) is 71.7 cm³/mol. The summed E-state index contributed by atoms with van der Waals surface area (Å²) in [5.74, 6) is -4.74. The lowest BCUT2D eigenvalue weighted by Gasteiger charge is -2.26. The highest BCUT2D eigenvalue weighted by Gasteiger charge is 2.24. The number of pyridine rings is 1. The van der Waals surface area contributed by atoms with Crippen molar-refractivity contribution < 1.29 is 32.5 Å². The number of carboxylic acid groups (broad SMARTS) is 1. The summed E-state index contributed by atoms with van der Waals surface area (Å²) in [6, 6.07) is 3.49. The van der Waals surface area contributed by atoms with Crippen molar-refractivity contribution in [3.05, 3.63) is 47.4 Å². The minimum Gasteiger partial charge on any atom is -0.485 e. The number of nitrogens with zero attached hydrogens (tertiary/aromatic N) is 1. The van der Waals surface area contributed by atoms with Crippen LogP contribution in [-0.2, 0) is 4.74 Å². The first-order valence-electron chi connectivity index (χ1n) is 6.59. The van der Waals surface area contributed by atoms with Gasteiger partial charge in [-0.2, -0.15) is 0 Å². The molecule has 23 heavy (non-hydrogen) atoms. The predicted octanol–water partition coefficient (Wildman–Crippen LogP) is 2.64. The minimum atomic E-state index is -1.43. The molecule has 1 aliphatic rings. The third-order valence-electron chi connectivity index (χ3n) is 3.23. The molecule has 120 valence electrons. The second-order valence-electron chi connectivity index (χ2n) is 4.87. The zero-order valence-electron chi connectivity index (χ0n) is 11.6. The number of hydrogen-bond acceptors (Lipinski definition) is 4. The molecule has 1 saturated heterocycles. The molecule has 3 rings (SSSR count). The molecular weight excluding hydrogens is 315 g/mol. The fourth-order valence-corrected chi connectivity index (χ4v) is 2.06. The third kappa shape index (κ3) is 2.98. The first-order chi connectivity index (χ1) is 11.0. The van der Waals surface area contributed by atoms with Crippen LogP contribution in [0.1, 0.15) is 10.5 Å². The Hall–Kier alpha value is -2.61. The van der Waals surface area contributed by atoms with Crippen LogP contribution in [0, 0.1) is 17.5 Å². The fraction of sp³-hybridized carbons (Fsp3) is 0.200. The van der Waals surface area contributed by atoms with E-state index in [9.17, 15) is 18.0 Å². The number of carboxylic acids is 1. The van der Waals surface area contributed by atoms with Crippen LogP contribution in [0.4, 0.5) is 13.2 Å². The lowest BCUT2D eigenvalue weighted by molar-refractivity contribution is -0.0798. The lowest BCUT2D eigenvalue weighted by Crippen LogP contribution is -2.38. The molecule has 1 aromatic carbocycles. The van der Waals surface area contributed by atoms with Gasteiger partial charge in [-0.15, -0.1) is 0 Å². The quantitative estimate of drug-likeness (QED) is 0.936. The number of halogens is 3. The van der Waals surface area contributed by atoms with E-state index in [0.717, 1.165) is 24.3 Å². The van der Waals surface area contributed by atoms with Crippen molar-refractivity contribution in [1.82, 2.24) is 4.98 Å². The van der Waals surface area contributed by atoms with Crippen molar-refractivity contribution in [3.8, 4) is 17.0 Å². The summed E-state index contributed by atoms with van der Waals surface area (Å²) in [5.41, 5.74) is -1.98. The molecule has 8 heteroatoms. The number of aromatic nitrogens is 1. The Morgan fingerprint density at radius 1 is 1.17 bits per heavy atom. The maximum Gasteiger partial charge on any atom is 0.354 e. The maximum atomic E-state index is 14.2. The zero-order chi connectivity index (χ0) is 16.6. The van der Waals surface area contributed by atoms with Gasteiger partial charge < -0.3 is 14.6 Å². The number of benzene rings is 1. The Kier molecular flexibility index (Phi) is 3.91. The van der Waals surface area contributed by atoms with Crippen molar-refractivity contribution in [2.24, 2.45) is 0 Å². The summed E-state index contributed by atoms with van der Waals surface area (Å²) in [5, 5.41) is 8.86. The number of ether oxygens (including phenoxy) is 2. The Morgan fingerprint density at radius 3 is 2.35 bits per heavy atom. The molecule has 0 unspecified atom stereocenters. The number of hydrogen-bond donors (Lipinski definition) is 1. The van der Waals surface area contributed by atoms with Gasteiger partial charge in [0, 0.05) is 12.1 Å². The normalized spacial score (nSPS) is 14.4. The van der Waals surface area contributed by atoms with E-state index >= 15 is 0 Å². The van der Waals surface area contributed by atoms with Gasteiger partial charge in [-0.1, -0.05) is 0 Å². The lowest BCUT2D eigenvalue weighted by atomic mass is 10.1. The third-order valence-corrected chi connectivity index (χ3v) is 3.23. The summed E-state index contributed by atoms with van der Waals surface area (Å²) in [6.07, 6.45) is -0.287. The van der Waals surface area contributed by atoms with E-state index in [1.807, 2.05) is 0 Å². The summed E-state index contributed by atoms with van der Waals surface area (Å²) in [4.78, 5) is 14.3. The highest BCUT2D eigenvalue weighted by molar-refractivity contribution is 5.86. The maximum absolute atomic E-state index is 14.2. The van der Waals surface area contributed by atoms with Gasteiger partial charge in [0.15, 0.2) is 0 Å². The van der Waals surface area contributed by atoms with Gasteiger partial charge in [0.1, 0.15) is 40.7 Å². The first-order valence-corrected chi connectivity index (χ1v) is 6.59. The van der Waals surface area contributed by atoms with E-state index in [1.54, 1.807) is 0 Å². The Morgan fingerprint density at radius 2 is 1.83 bits per heavy atom. The van der Waals surface area contributed by atoms with E-state index in [-0.39, 0.29) is 11.9 Å². The molecule has 5 nitrogen and oxygen atoms in total. The van der Waals surface area contributed by atoms with Gasteiger partial charge in [0.2, 0.25) is 0 Å². The molecule has 1 fully saturated rings. The summed E-state index contributed by atoms with van der Waals surface area (Å²) in [7, 11) is 0. The van der Waals surface area contributed by atoms with E-state index in [2.05, 4.69) is 4.98 Å². The van der Waals surface area contributed by atoms with Gasteiger partial charge >= 0.3 is 5.97 Å². The molecule has 2 heterocycles. The summed E-state index contributed by atoms with van der Waals surface area (Å²) in [6.45, 7) is 0.643. The van der Waals surface area contributed by atoms with Crippen LogP contribution in [-0.4, -0.2) is 35.4 Å². The van der Waals surface area contributed by atoms with Crippen molar-refractivity contribution in [1.29, 1.82) is 0 Å². The van der Waals surface area contributed by atoms with Gasteiger partial charge in [-0.3, -0.25) is 0 Å². The molecular formula is C15H10F3NO4. The van der Waals surface area contributed by atoms with Crippen molar-refractivity contribution in [2.45, 2.75) is 6.10 Å². The smallest absolute Gasteiger partial charge is 0.354 e. The molecule has 0 radical (unpaired) electrons. The van der Waals surface area contributed by atoms with Gasteiger partial charge in [-0.25, -0.2) is 22.9 Å². The van der Waals surface area contributed by atoms with E-state index in [4.69, 9.17) is 14.6 Å². The SMILES string of the molecule is O=C(O)c1ccc(F)c(-c2c(F)cc(OC3COC3)cc2F)n1. The number of carbonyl (C=O) groups is 1. The highest BCUT2D eigenvalue weighted by Crippen LogP contribution is 2.31. The molecule has 0 aliphatic carbocycles. The molecule has 0 spiro atoms. The van der Waals surface area contributed by atoms with Crippen LogP contribution in [0.15, 0.2) is 24.3 Å². The van der Waals surface area contributed by atoms with Crippen LogP contribution in [0.3, 0.4) is 0 Å². The van der Waals surface area contributed by atoms with Crippen LogP contribution < -0.4 is 4.74 Å². The average Bonchev–Trinajstić information content (AvgIpc) is 2.44. The van der Waals surface area contributed by atoms with Crippen LogP contribution in [0.2, 0.25) is 0 Å². The van der Waals surface area contributed by atoms with Gasteiger partial charge in [0.25, 0.3) is 0 Å². The molecule has 1 aromatic heterocycles. The molecule has 1 aliphatic heterocycles. The largest absolute Gasteiger partial charge is 0.485 e. The minimum absolute atomic E-state index is 0.0631. The van der Waals surface area contributed by atoms with E-state index in [1.165, 1.54) is 0 Å². The van der Waals surface area contributed by atoms with E-state index < -0.39 is 40.4 Å². The average molecular weight is 325 g/mol. The van der Waals surface area contributed by atoms with Crippen molar-refractivity contribution in [3.63, 3.8) is 0 Å². The fourth-order valence-electron chi connectivity index (χ4n) is 2.06. The number of aromatic carboxylic acids is 1. The first kappa shape index (κ1) is 15.3. The highest BCUT2D eigenvalue weighted by atomic mass is 19.1.